The van der Waals surface area contributed by atoms with Gasteiger partial charge in [-0.05, 0) is 5.92 Å². The van der Waals surface area contributed by atoms with Gasteiger partial charge in [0.25, 0.3) is 0 Å². The molecule has 0 heterocycles. The lowest BCUT2D eigenvalue weighted by atomic mass is 9.97. The lowest BCUT2D eigenvalue weighted by Crippen LogP contribution is -1.94. The SMILES string of the molecule is [CH2]C(CCCC)CCCCCC. The van der Waals surface area contributed by atoms with Crippen LogP contribution >= 0.6 is 0 Å². The molecule has 0 rings (SSSR count). The predicted molar refractivity (Wildman–Crippen MR) is 57.1 cm³/mol. The van der Waals surface area contributed by atoms with E-state index in [1.807, 2.05) is 0 Å². The Morgan fingerprint density at radius 2 is 1.42 bits per heavy atom. The molecule has 0 aliphatic rings. The molecule has 0 aromatic carbocycles. The molecule has 0 nitrogen and oxygen atoms in total. The summed E-state index contributed by atoms with van der Waals surface area (Å²) in [6.07, 6.45) is 10.9. The number of hydrogen-bond acceptors (Lipinski definition) is 0. The molecule has 0 aromatic heterocycles. The minimum atomic E-state index is 0.724. The Labute approximate surface area is 78.8 Å². The first-order valence-corrected chi connectivity index (χ1v) is 5.64. The average molecular weight is 169 g/mol. The van der Waals surface area contributed by atoms with Crippen molar-refractivity contribution in [2.24, 2.45) is 5.92 Å². The molecule has 73 valence electrons. The quantitative estimate of drug-likeness (QED) is 0.466. The molecule has 12 heavy (non-hydrogen) atoms. The highest BCUT2D eigenvalue weighted by molar-refractivity contribution is 4.61. The van der Waals surface area contributed by atoms with E-state index in [0.29, 0.717) is 0 Å². The summed E-state index contributed by atoms with van der Waals surface area (Å²) in [5.41, 5.74) is 0. The highest BCUT2D eigenvalue weighted by Crippen LogP contribution is 2.15. The second kappa shape index (κ2) is 9.09. The highest BCUT2D eigenvalue weighted by Gasteiger charge is 2.00. The largest absolute Gasteiger partial charge is 0.0654 e. The summed E-state index contributed by atoms with van der Waals surface area (Å²) in [5.74, 6) is 0.724. The van der Waals surface area contributed by atoms with Crippen LogP contribution in [0.25, 0.3) is 0 Å². The van der Waals surface area contributed by atoms with E-state index in [-0.39, 0.29) is 0 Å². The maximum absolute atomic E-state index is 4.17. The molecule has 0 bridgehead atoms. The summed E-state index contributed by atoms with van der Waals surface area (Å²) in [6, 6.07) is 0. The molecule has 0 heteroatoms. The van der Waals surface area contributed by atoms with Gasteiger partial charge in [0.05, 0.1) is 0 Å². The number of unbranched alkanes of at least 4 members (excludes halogenated alkanes) is 4. The van der Waals surface area contributed by atoms with E-state index in [4.69, 9.17) is 0 Å². The number of rotatable bonds is 8. The van der Waals surface area contributed by atoms with Gasteiger partial charge < -0.3 is 0 Å². The van der Waals surface area contributed by atoms with Crippen LogP contribution in [-0.4, -0.2) is 0 Å². The highest BCUT2D eigenvalue weighted by atomic mass is 14.1. The third kappa shape index (κ3) is 8.10. The van der Waals surface area contributed by atoms with E-state index in [9.17, 15) is 0 Å². The maximum Gasteiger partial charge on any atom is -0.0414 e. The van der Waals surface area contributed by atoms with E-state index in [0.717, 1.165) is 5.92 Å². The van der Waals surface area contributed by atoms with Crippen LogP contribution < -0.4 is 0 Å². The Hall–Kier alpha value is 0. The van der Waals surface area contributed by atoms with Crippen LogP contribution in [0.4, 0.5) is 0 Å². The van der Waals surface area contributed by atoms with Crippen LogP contribution in [0.2, 0.25) is 0 Å². The molecular formula is C12H25. The van der Waals surface area contributed by atoms with Crippen LogP contribution in [0.1, 0.15) is 65.2 Å². The Kier molecular flexibility index (Phi) is 9.09. The summed E-state index contributed by atoms with van der Waals surface area (Å²) in [6.45, 7) is 8.69. The van der Waals surface area contributed by atoms with Crippen molar-refractivity contribution >= 4 is 0 Å². The van der Waals surface area contributed by atoms with Crippen molar-refractivity contribution in [1.29, 1.82) is 0 Å². The van der Waals surface area contributed by atoms with Gasteiger partial charge in [-0.3, -0.25) is 0 Å². The van der Waals surface area contributed by atoms with Gasteiger partial charge in [0.1, 0.15) is 0 Å². The Bertz CT molecular complexity index is 76.1. The van der Waals surface area contributed by atoms with Crippen LogP contribution in [0.15, 0.2) is 0 Å². The van der Waals surface area contributed by atoms with Gasteiger partial charge in [0.15, 0.2) is 0 Å². The van der Waals surface area contributed by atoms with E-state index in [1.165, 1.54) is 51.4 Å². The Balaban J connectivity index is 3.02. The van der Waals surface area contributed by atoms with Crippen molar-refractivity contribution in [3.8, 4) is 0 Å². The van der Waals surface area contributed by atoms with Gasteiger partial charge in [-0.15, -0.1) is 0 Å². The Morgan fingerprint density at radius 3 is 2.00 bits per heavy atom. The van der Waals surface area contributed by atoms with Gasteiger partial charge in [0, 0.05) is 0 Å². The number of hydrogen-bond donors (Lipinski definition) is 0. The molecule has 1 unspecified atom stereocenters. The zero-order valence-corrected chi connectivity index (χ0v) is 8.94. The third-order valence-electron chi connectivity index (χ3n) is 2.43. The van der Waals surface area contributed by atoms with E-state index in [1.54, 1.807) is 0 Å². The summed E-state index contributed by atoms with van der Waals surface area (Å²) in [5, 5.41) is 0. The van der Waals surface area contributed by atoms with E-state index in [2.05, 4.69) is 20.8 Å². The molecule has 0 aliphatic heterocycles. The molecule has 0 aromatic rings. The molecule has 1 atom stereocenters. The zero-order chi connectivity index (χ0) is 9.23. The third-order valence-corrected chi connectivity index (χ3v) is 2.43. The predicted octanol–water partition coefficient (Wildman–Crippen LogP) is 4.60. The molecule has 1 radical (unpaired) electrons. The van der Waals surface area contributed by atoms with Crippen LogP contribution in [-0.2, 0) is 0 Å². The fourth-order valence-electron chi connectivity index (χ4n) is 1.50. The van der Waals surface area contributed by atoms with Crippen molar-refractivity contribution < 1.29 is 0 Å². The lowest BCUT2D eigenvalue weighted by molar-refractivity contribution is 0.481. The monoisotopic (exact) mass is 169 g/mol. The topological polar surface area (TPSA) is 0 Å². The summed E-state index contributed by atoms with van der Waals surface area (Å²) < 4.78 is 0. The first-order valence-electron chi connectivity index (χ1n) is 5.64. The van der Waals surface area contributed by atoms with Crippen LogP contribution in [0, 0.1) is 12.8 Å². The first kappa shape index (κ1) is 12.0. The molecule has 0 aliphatic carbocycles. The smallest absolute Gasteiger partial charge is 0.0414 e. The minimum absolute atomic E-state index is 0.724. The van der Waals surface area contributed by atoms with Crippen molar-refractivity contribution in [3.05, 3.63) is 6.92 Å². The first-order chi connectivity index (χ1) is 5.81. The molecular weight excluding hydrogens is 144 g/mol. The fourth-order valence-corrected chi connectivity index (χ4v) is 1.50. The molecule has 0 saturated heterocycles. The maximum atomic E-state index is 4.17. The molecule has 0 amide bonds. The van der Waals surface area contributed by atoms with Gasteiger partial charge in [-0.1, -0.05) is 72.1 Å². The van der Waals surface area contributed by atoms with Crippen molar-refractivity contribution in [2.75, 3.05) is 0 Å². The van der Waals surface area contributed by atoms with E-state index < -0.39 is 0 Å². The molecule has 0 N–H and O–H groups in total. The van der Waals surface area contributed by atoms with Crippen LogP contribution in [0.3, 0.4) is 0 Å². The van der Waals surface area contributed by atoms with Crippen LogP contribution in [0.5, 0.6) is 0 Å². The van der Waals surface area contributed by atoms with Gasteiger partial charge in [-0.2, -0.15) is 0 Å². The standard InChI is InChI=1S/C12H25/c1-4-6-8-9-11-12(3)10-7-5-2/h12H,3-11H2,1-2H3. The normalized spacial score (nSPS) is 13.2. The minimum Gasteiger partial charge on any atom is -0.0654 e. The summed E-state index contributed by atoms with van der Waals surface area (Å²) >= 11 is 0. The molecule has 0 saturated carbocycles. The molecule has 0 fully saturated rings. The zero-order valence-electron chi connectivity index (χ0n) is 8.94. The molecule has 0 spiro atoms. The second-order valence-corrected chi connectivity index (χ2v) is 3.86. The second-order valence-electron chi connectivity index (χ2n) is 3.86. The van der Waals surface area contributed by atoms with Gasteiger partial charge in [0.2, 0.25) is 0 Å². The van der Waals surface area contributed by atoms with Gasteiger partial charge in [-0.25, -0.2) is 0 Å². The van der Waals surface area contributed by atoms with E-state index >= 15 is 0 Å². The van der Waals surface area contributed by atoms with Crippen molar-refractivity contribution in [3.63, 3.8) is 0 Å². The lowest BCUT2D eigenvalue weighted by Gasteiger charge is -2.09. The van der Waals surface area contributed by atoms with Crippen molar-refractivity contribution in [1.82, 2.24) is 0 Å². The fraction of sp³-hybridized carbons (Fsp3) is 0.917. The summed E-state index contributed by atoms with van der Waals surface area (Å²) in [7, 11) is 0. The summed E-state index contributed by atoms with van der Waals surface area (Å²) in [4.78, 5) is 0. The van der Waals surface area contributed by atoms with Crippen molar-refractivity contribution in [2.45, 2.75) is 65.2 Å². The Morgan fingerprint density at radius 1 is 0.833 bits per heavy atom. The average Bonchev–Trinajstić information content (AvgIpc) is 2.09. The van der Waals surface area contributed by atoms with Gasteiger partial charge >= 0.3 is 0 Å².